The number of carbonyl (C=O) groups excluding carboxylic acids is 1. The maximum Gasteiger partial charge on any atom is 0.305 e. The average Bonchev–Trinajstić information content (AvgIpc) is 2.74. The molecule has 1 aromatic heterocycles. The Hall–Kier alpha value is -1.36. The normalized spacial score (nSPS) is 10.9. The van der Waals surface area contributed by atoms with Gasteiger partial charge in [-0.25, -0.2) is 0 Å². The van der Waals surface area contributed by atoms with Gasteiger partial charge in [0.05, 0.1) is 12.8 Å². The van der Waals surface area contributed by atoms with E-state index in [2.05, 4.69) is 17.0 Å². The first-order chi connectivity index (χ1) is 9.11. The van der Waals surface area contributed by atoms with E-state index in [0.29, 0.717) is 13.0 Å². The highest BCUT2D eigenvalue weighted by atomic mass is 16.5. The van der Waals surface area contributed by atoms with E-state index in [1.54, 1.807) is 0 Å². The fourth-order valence-corrected chi connectivity index (χ4v) is 2.01. The Bertz CT molecular complexity index is 377. The van der Waals surface area contributed by atoms with Crippen molar-refractivity contribution in [1.82, 2.24) is 14.7 Å². The molecule has 5 heteroatoms. The third-order valence-corrected chi connectivity index (χ3v) is 2.94. The van der Waals surface area contributed by atoms with Crippen molar-refractivity contribution >= 4 is 5.97 Å². The zero-order valence-electron chi connectivity index (χ0n) is 12.3. The first kappa shape index (κ1) is 15.7. The molecule has 0 saturated carbocycles. The van der Waals surface area contributed by atoms with Crippen LogP contribution in [0.25, 0.3) is 0 Å². The van der Waals surface area contributed by atoms with E-state index >= 15 is 0 Å². The lowest BCUT2D eigenvalue weighted by molar-refractivity contribution is -0.143. The molecule has 108 valence electrons. The largest absolute Gasteiger partial charge is 0.466 e. The van der Waals surface area contributed by atoms with Gasteiger partial charge in [0.25, 0.3) is 0 Å². The van der Waals surface area contributed by atoms with Crippen molar-refractivity contribution in [3.63, 3.8) is 0 Å². The van der Waals surface area contributed by atoms with Gasteiger partial charge in [0.1, 0.15) is 0 Å². The van der Waals surface area contributed by atoms with Crippen LogP contribution >= 0.6 is 0 Å². The molecule has 0 atom stereocenters. The van der Waals surface area contributed by atoms with Crippen LogP contribution in [0.15, 0.2) is 12.4 Å². The fraction of sp³-hybridized carbons (Fsp3) is 0.714. The van der Waals surface area contributed by atoms with Gasteiger partial charge in [0, 0.05) is 31.8 Å². The van der Waals surface area contributed by atoms with Crippen molar-refractivity contribution in [1.29, 1.82) is 0 Å². The number of aryl methyl sites for hydroxylation is 1. The second-order valence-electron chi connectivity index (χ2n) is 4.88. The van der Waals surface area contributed by atoms with Gasteiger partial charge in [-0.1, -0.05) is 6.42 Å². The maximum atomic E-state index is 11.1. The third kappa shape index (κ3) is 6.96. The van der Waals surface area contributed by atoms with Gasteiger partial charge in [0.2, 0.25) is 0 Å². The zero-order chi connectivity index (χ0) is 14.1. The van der Waals surface area contributed by atoms with Crippen LogP contribution in [0, 0.1) is 0 Å². The van der Waals surface area contributed by atoms with E-state index in [0.717, 1.165) is 32.4 Å². The summed E-state index contributed by atoms with van der Waals surface area (Å²) in [6.07, 6.45) is 7.57. The SMILES string of the molecule is CCOC(=O)CCCCCN(C)Cc1cnn(C)c1. The van der Waals surface area contributed by atoms with Crippen LogP contribution in [0.1, 0.15) is 38.2 Å². The van der Waals surface area contributed by atoms with Crippen molar-refractivity contribution in [2.75, 3.05) is 20.2 Å². The van der Waals surface area contributed by atoms with E-state index in [-0.39, 0.29) is 5.97 Å². The van der Waals surface area contributed by atoms with Gasteiger partial charge < -0.3 is 9.64 Å². The quantitative estimate of drug-likeness (QED) is 0.507. The Labute approximate surface area is 115 Å². The highest BCUT2D eigenvalue weighted by Gasteiger charge is 2.04. The van der Waals surface area contributed by atoms with E-state index in [9.17, 15) is 4.79 Å². The van der Waals surface area contributed by atoms with E-state index < -0.39 is 0 Å². The van der Waals surface area contributed by atoms with E-state index in [1.165, 1.54) is 5.56 Å². The zero-order valence-corrected chi connectivity index (χ0v) is 12.3. The van der Waals surface area contributed by atoms with Gasteiger partial charge in [-0.2, -0.15) is 5.10 Å². The first-order valence-corrected chi connectivity index (χ1v) is 6.93. The molecule has 0 radical (unpaired) electrons. The molecule has 0 amide bonds. The molecule has 0 fully saturated rings. The average molecular weight is 267 g/mol. The lowest BCUT2D eigenvalue weighted by Gasteiger charge is -2.15. The van der Waals surface area contributed by atoms with Crippen LogP contribution in [-0.2, 0) is 23.1 Å². The molecule has 1 aromatic rings. The van der Waals surface area contributed by atoms with Crippen molar-refractivity contribution in [2.24, 2.45) is 7.05 Å². The topological polar surface area (TPSA) is 47.4 Å². The van der Waals surface area contributed by atoms with Gasteiger partial charge in [-0.3, -0.25) is 9.48 Å². The van der Waals surface area contributed by atoms with Gasteiger partial charge in [-0.05, 0) is 33.4 Å². The standard InChI is InChI=1S/C14H25N3O2/c1-4-19-14(18)8-6-5-7-9-16(2)11-13-10-15-17(3)12-13/h10,12H,4-9,11H2,1-3H3. The van der Waals surface area contributed by atoms with Crippen LogP contribution in [0.5, 0.6) is 0 Å². The summed E-state index contributed by atoms with van der Waals surface area (Å²) in [5, 5.41) is 4.15. The van der Waals surface area contributed by atoms with Crippen LogP contribution in [0.4, 0.5) is 0 Å². The molecular weight excluding hydrogens is 242 g/mol. The van der Waals surface area contributed by atoms with Gasteiger partial charge in [0.15, 0.2) is 0 Å². The molecule has 19 heavy (non-hydrogen) atoms. The second-order valence-corrected chi connectivity index (χ2v) is 4.88. The predicted octanol–water partition coefficient (Wildman–Crippen LogP) is 1.98. The fourth-order valence-electron chi connectivity index (χ4n) is 2.01. The summed E-state index contributed by atoms with van der Waals surface area (Å²) in [5.41, 5.74) is 1.23. The highest BCUT2D eigenvalue weighted by Crippen LogP contribution is 2.05. The summed E-state index contributed by atoms with van der Waals surface area (Å²) in [4.78, 5) is 13.4. The lowest BCUT2D eigenvalue weighted by Crippen LogP contribution is -2.18. The van der Waals surface area contributed by atoms with Gasteiger partial charge >= 0.3 is 5.97 Å². The maximum absolute atomic E-state index is 11.1. The minimum absolute atomic E-state index is 0.0776. The molecule has 0 unspecified atom stereocenters. The molecule has 0 aliphatic carbocycles. The van der Waals surface area contributed by atoms with E-state index in [4.69, 9.17) is 4.74 Å². The number of nitrogens with zero attached hydrogens (tertiary/aromatic N) is 3. The Balaban J connectivity index is 2.04. The number of esters is 1. The van der Waals surface area contributed by atoms with Crippen LogP contribution in [0.3, 0.4) is 0 Å². The number of ether oxygens (including phenoxy) is 1. The number of unbranched alkanes of at least 4 members (excludes halogenated alkanes) is 2. The minimum Gasteiger partial charge on any atom is -0.466 e. The molecule has 0 bridgehead atoms. The lowest BCUT2D eigenvalue weighted by atomic mass is 10.2. The minimum atomic E-state index is -0.0776. The summed E-state index contributed by atoms with van der Waals surface area (Å²) >= 11 is 0. The number of aromatic nitrogens is 2. The van der Waals surface area contributed by atoms with Crippen molar-refractivity contribution in [3.05, 3.63) is 18.0 Å². The first-order valence-electron chi connectivity index (χ1n) is 6.93. The van der Waals surface area contributed by atoms with Crippen molar-refractivity contribution in [3.8, 4) is 0 Å². The van der Waals surface area contributed by atoms with Gasteiger partial charge in [-0.15, -0.1) is 0 Å². The highest BCUT2D eigenvalue weighted by molar-refractivity contribution is 5.69. The molecular formula is C14H25N3O2. The summed E-state index contributed by atoms with van der Waals surface area (Å²) in [5.74, 6) is -0.0776. The molecule has 0 saturated heterocycles. The summed E-state index contributed by atoms with van der Waals surface area (Å²) in [6.45, 7) is 4.28. The third-order valence-electron chi connectivity index (χ3n) is 2.94. The van der Waals surface area contributed by atoms with Crippen molar-refractivity contribution in [2.45, 2.75) is 39.2 Å². The Morgan fingerprint density at radius 2 is 2.21 bits per heavy atom. The molecule has 0 aromatic carbocycles. The predicted molar refractivity (Wildman–Crippen MR) is 74.6 cm³/mol. The Kier molecular flexibility index (Phi) is 7.18. The second kappa shape index (κ2) is 8.69. The summed E-state index contributed by atoms with van der Waals surface area (Å²) in [6, 6.07) is 0. The summed E-state index contributed by atoms with van der Waals surface area (Å²) < 4.78 is 6.71. The molecule has 1 rings (SSSR count). The van der Waals surface area contributed by atoms with Crippen LogP contribution in [0.2, 0.25) is 0 Å². The number of rotatable bonds is 9. The molecule has 0 spiro atoms. The van der Waals surface area contributed by atoms with Crippen LogP contribution in [-0.4, -0.2) is 40.8 Å². The molecule has 0 aliphatic heterocycles. The van der Waals surface area contributed by atoms with Crippen molar-refractivity contribution < 1.29 is 9.53 Å². The smallest absolute Gasteiger partial charge is 0.305 e. The molecule has 5 nitrogen and oxygen atoms in total. The van der Waals surface area contributed by atoms with E-state index in [1.807, 2.05) is 31.0 Å². The molecule has 0 aliphatic rings. The Morgan fingerprint density at radius 3 is 2.84 bits per heavy atom. The number of hydrogen-bond donors (Lipinski definition) is 0. The summed E-state index contributed by atoms with van der Waals surface area (Å²) in [7, 11) is 4.04. The van der Waals surface area contributed by atoms with Crippen LogP contribution < -0.4 is 0 Å². The number of hydrogen-bond acceptors (Lipinski definition) is 4. The molecule has 0 N–H and O–H groups in total. The monoisotopic (exact) mass is 267 g/mol. The Morgan fingerprint density at radius 1 is 1.42 bits per heavy atom. The molecule has 1 heterocycles. The number of carbonyl (C=O) groups is 1.